The number of piperidine rings is 1. The number of benzene rings is 1. The van der Waals surface area contributed by atoms with Crippen LogP contribution < -0.4 is 10.2 Å². The first-order valence-electron chi connectivity index (χ1n) is 9.62. The molecular weight excluding hydrogens is 445 g/mol. The van der Waals surface area contributed by atoms with E-state index in [2.05, 4.69) is 25.4 Å². The largest absolute Gasteiger partial charge is 0.444 e. The van der Waals surface area contributed by atoms with Crippen LogP contribution in [0.1, 0.15) is 46.1 Å². The average molecular weight is 470 g/mol. The Morgan fingerprint density at radius 1 is 1.30 bits per heavy atom. The van der Waals surface area contributed by atoms with Crippen LogP contribution in [0.4, 0.5) is 15.1 Å². The van der Waals surface area contributed by atoms with Crippen LogP contribution in [-0.4, -0.2) is 46.7 Å². The highest BCUT2D eigenvalue weighted by Crippen LogP contribution is 2.31. The molecule has 1 aliphatic heterocycles. The Bertz CT molecular complexity index is 934. The molecule has 30 heavy (non-hydrogen) atoms. The summed E-state index contributed by atoms with van der Waals surface area (Å²) in [5.41, 5.74) is -0.101. The molecule has 0 radical (unpaired) electrons. The highest BCUT2D eigenvalue weighted by atomic mass is 35.5. The molecule has 1 amide bonds. The van der Waals surface area contributed by atoms with E-state index in [4.69, 9.17) is 27.9 Å². The second kappa shape index (κ2) is 9.08. The fraction of sp³-hybridized carbons (Fsp3) is 0.500. The van der Waals surface area contributed by atoms with Crippen molar-refractivity contribution in [1.82, 2.24) is 15.5 Å². The van der Waals surface area contributed by atoms with Gasteiger partial charge >= 0.3 is 6.09 Å². The SMILES string of the molecule is CC1(NC(=O)OC(C)(C)C)CCN(c2nnc(N=Cc3cccc(Cl)c3Cl)s2)CC1. The Hall–Kier alpha value is -1.90. The number of aliphatic imine (C=N–C) groups is 1. The lowest BCUT2D eigenvalue weighted by molar-refractivity contribution is 0.0448. The highest BCUT2D eigenvalue weighted by Gasteiger charge is 2.34. The molecule has 7 nitrogen and oxygen atoms in total. The molecule has 0 saturated carbocycles. The molecule has 0 bridgehead atoms. The quantitative estimate of drug-likeness (QED) is 0.599. The van der Waals surface area contributed by atoms with Crippen molar-refractivity contribution in [2.24, 2.45) is 4.99 Å². The van der Waals surface area contributed by atoms with Gasteiger partial charge in [-0.15, -0.1) is 10.2 Å². The minimum Gasteiger partial charge on any atom is -0.444 e. The van der Waals surface area contributed by atoms with Crippen LogP contribution in [0.5, 0.6) is 0 Å². The minimum atomic E-state index is -0.514. The van der Waals surface area contributed by atoms with E-state index in [9.17, 15) is 4.79 Å². The number of carbonyl (C=O) groups excluding carboxylic acids is 1. The van der Waals surface area contributed by atoms with Crippen molar-refractivity contribution >= 4 is 57.1 Å². The van der Waals surface area contributed by atoms with Gasteiger partial charge < -0.3 is 15.0 Å². The Balaban J connectivity index is 1.58. The molecule has 10 heteroatoms. The van der Waals surface area contributed by atoms with Crippen LogP contribution in [0.15, 0.2) is 23.2 Å². The van der Waals surface area contributed by atoms with E-state index in [1.54, 1.807) is 12.3 Å². The van der Waals surface area contributed by atoms with Crippen molar-refractivity contribution in [2.45, 2.75) is 51.7 Å². The maximum Gasteiger partial charge on any atom is 0.408 e. The molecule has 1 saturated heterocycles. The van der Waals surface area contributed by atoms with Crippen molar-refractivity contribution in [3.8, 4) is 0 Å². The maximum atomic E-state index is 12.1. The lowest BCUT2D eigenvalue weighted by Crippen LogP contribution is -2.54. The Morgan fingerprint density at radius 2 is 2.00 bits per heavy atom. The second-order valence-corrected chi connectivity index (χ2v) is 10.2. The van der Waals surface area contributed by atoms with Gasteiger partial charge in [0.2, 0.25) is 10.3 Å². The molecule has 162 valence electrons. The molecule has 1 fully saturated rings. The molecule has 3 rings (SSSR count). The van der Waals surface area contributed by atoms with E-state index >= 15 is 0 Å². The zero-order chi connectivity index (χ0) is 21.9. The van der Waals surface area contributed by atoms with Crippen molar-refractivity contribution in [3.63, 3.8) is 0 Å². The number of nitrogens with one attached hydrogen (secondary N) is 1. The molecule has 0 unspecified atom stereocenters. The van der Waals surface area contributed by atoms with Crippen molar-refractivity contribution in [3.05, 3.63) is 33.8 Å². The summed E-state index contributed by atoms with van der Waals surface area (Å²) in [6.07, 6.45) is 2.81. The third-order valence-electron chi connectivity index (χ3n) is 4.64. The van der Waals surface area contributed by atoms with Gasteiger partial charge in [-0.05, 0) is 46.6 Å². The number of alkyl carbamates (subject to hydrolysis) is 1. The monoisotopic (exact) mass is 469 g/mol. The first kappa shape index (κ1) is 22.8. The lowest BCUT2D eigenvalue weighted by atomic mass is 9.90. The first-order chi connectivity index (χ1) is 14.0. The molecule has 0 atom stereocenters. The molecule has 1 N–H and O–H groups in total. The van der Waals surface area contributed by atoms with Crippen molar-refractivity contribution in [2.75, 3.05) is 18.0 Å². The second-order valence-electron chi connectivity index (χ2n) is 8.44. The van der Waals surface area contributed by atoms with Gasteiger partial charge in [0, 0.05) is 30.4 Å². The van der Waals surface area contributed by atoms with Gasteiger partial charge in [-0.2, -0.15) is 0 Å². The van der Waals surface area contributed by atoms with E-state index in [1.165, 1.54) is 11.3 Å². The van der Waals surface area contributed by atoms with Gasteiger partial charge in [-0.1, -0.05) is 46.7 Å². The summed E-state index contributed by atoms with van der Waals surface area (Å²) in [5.74, 6) is 0. The van der Waals surface area contributed by atoms with Crippen molar-refractivity contribution < 1.29 is 9.53 Å². The first-order valence-corrected chi connectivity index (χ1v) is 11.2. The fourth-order valence-electron chi connectivity index (χ4n) is 3.00. The number of rotatable bonds is 4. The van der Waals surface area contributed by atoms with Crippen LogP contribution >= 0.6 is 34.5 Å². The standard InChI is InChI=1S/C20H25Cl2N5O2S/c1-19(2,3)29-18(28)24-20(4)8-10-27(11-9-20)17-26-25-16(30-17)23-12-13-6-5-7-14(21)15(13)22/h5-7,12H,8-11H2,1-4H3,(H,24,28). The van der Waals surface area contributed by atoms with Crippen LogP contribution in [0.3, 0.4) is 0 Å². The smallest absolute Gasteiger partial charge is 0.408 e. The van der Waals surface area contributed by atoms with Gasteiger partial charge in [0.1, 0.15) is 5.60 Å². The number of carbonyl (C=O) groups is 1. The van der Waals surface area contributed by atoms with E-state index < -0.39 is 5.60 Å². The molecule has 1 aromatic carbocycles. The summed E-state index contributed by atoms with van der Waals surface area (Å²) in [6.45, 7) is 9.11. The number of anilines is 1. The number of ether oxygens (including phenoxy) is 1. The summed E-state index contributed by atoms with van der Waals surface area (Å²) in [6, 6.07) is 5.38. The van der Waals surface area contributed by atoms with E-state index in [0.717, 1.165) is 36.6 Å². The number of aromatic nitrogens is 2. The predicted molar refractivity (Wildman–Crippen MR) is 123 cm³/mol. The number of hydrogen-bond acceptors (Lipinski definition) is 7. The molecular formula is C20H25Cl2N5O2S. The lowest BCUT2D eigenvalue weighted by Gasteiger charge is -2.39. The number of amides is 1. The van der Waals surface area contributed by atoms with Gasteiger partial charge in [0.25, 0.3) is 0 Å². The molecule has 2 aromatic rings. The fourth-order valence-corrected chi connectivity index (χ4v) is 4.10. The molecule has 0 spiro atoms. The maximum absolute atomic E-state index is 12.1. The summed E-state index contributed by atoms with van der Waals surface area (Å²) in [5, 5.41) is 13.7. The number of hydrogen-bond donors (Lipinski definition) is 1. The summed E-state index contributed by atoms with van der Waals surface area (Å²) in [7, 11) is 0. The van der Waals surface area contributed by atoms with Gasteiger partial charge in [-0.3, -0.25) is 0 Å². The van der Waals surface area contributed by atoms with E-state index in [1.807, 2.05) is 39.8 Å². The van der Waals surface area contributed by atoms with E-state index in [-0.39, 0.29) is 11.6 Å². The summed E-state index contributed by atoms with van der Waals surface area (Å²) in [4.78, 5) is 18.6. The van der Waals surface area contributed by atoms with Gasteiger partial charge in [-0.25, -0.2) is 9.79 Å². The molecule has 0 aliphatic carbocycles. The Morgan fingerprint density at radius 3 is 2.67 bits per heavy atom. The van der Waals surface area contributed by atoms with Crippen LogP contribution in [0.25, 0.3) is 0 Å². The molecule has 1 aliphatic rings. The zero-order valence-corrected chi connectivity index (χ0v) is 19.7. The number of nitrogens with zero attached hydrogens (tertiary/aromatic N) is 4. The normalized spacial score (nSPS) is 16.7. The van der Waals surface area contributed by atoms with Gasteiger partial charge in [0.15, 0.2) is 0 Å². The van der Waals surface area contributed by atoms with Gasteiger partial charge in [0.05, 0.1) is 10.0 Å². The topological polar surface area (TPSA) is 79.7 Å². The molecule has 2 heterocycles. The van der Waals surface area contributed by atoms with Crippen LogP contribution in [0, 0.1) is 0 Å². The van der Waals surface area contributed by atoms with Crippen LogP contribution in [0.2, 0.25) is 10.0 Å². The average Bonchev–Trinajstić information content (AvgIpc) is 3.10. The van der Waals surface area contributed by atoms with Crippen LogP contribution in [-0.2, 0) is 4.74 Å². The third-order valence-corrected chi connectivity index (χ3v) is 6.37. The van der Waals surface area contributed by atoms with E-state index in [0.29, 0.717) is 15.2 Å². The molecule has 1 aromatic heterocycles. The Kier molecular flexibility index (Phi) is 6.89. The summed E-state index contributed by atoms with van der Waals surface area (Å²) < 4.78 is 5.38. The number of halogens is 2. The highest BCUT2D eigenvalue weighted by molar-refractivity contribution is 7.18. The zero-order valence-electron chi connectivity index (χ0n) is 17.4. The minimum absolute atomic E-state index is 0.312. The predicted octanol–water partition coefficient (Wildman–Crippen LogP) is 5.48. The third kappa shape index (κ3) is 6.06. The summed E-state index contributed by atoms with van der Waals surface area (Å²) >= 11 is 13.6. The Labute approximate surface area is 190 Å². The van der Waals surface area contributed by atoms with Crippen molar-refractivity contribution in [1.29, 1.82) is 0 Å².